The van der Waals surface area contributed by atoms with E-state index in [4.69, 9.17) is 0 Å². The van der Waals surface area contributed by atoms with Crippen LogP contribution in [0.1, 0.15) is 18.1 Å². The fourth-order valence-corrected chi connectivity index (χ4v) is 1.67. The topological polar surface area (TPSA) is 17.1 Å². The third-order valence-corrected chi connectivity index (χ3v) is 2.25. The van der Waals surface area contributed by atoms with Gasteiger partial charge in [-0.05, 0) is 18.1 Å². The maximum absolute atomic E-state index is 11.4. The molecule has 1 aromatic rings. The average Bonchev–Trinajstić information content (AvgIpc) is 2.40. The molecule has 2 rings (SSSR count). The molecule has 1 nitrogen and oxygen atoms in total. The SMILES string of the molecule is C/C=C1\C(=O)Cc2ccccc21. The van der Waals surface area contributed by atoms with Crippen molar-refractivity contribution in [2.24, 2.45) is 0 Å². The molecule has 0 amide bonds. The van der Waals surface area contributed by atoms with Gasteiger partial charge in [-0.3, -0.25) is 4.79 Å². The maximum Gasteiger partial charge on any atom is 0.167 e. The number of carbonyl (C=O) groups excluding carboxylic acids is 1. The molecular formula is C11H10O. The highest BCUT2D eigenvalue weighted by atomic mass is 16.1. The van der Waals surface area contributed by atoms with E-state index in [1.165, 1.54) is 0 Å². The van der Waals surface area contributed by atoms with E-state index in [1.807, 2.05) is 37.3 Å². The average molecular weight is 158 g/mol. The molecule has 0 saturated heterocycles. The van der Waals surface area contributed by atoms with E-state index in [1.54, 1.807) is 0 Å². The predicted molar refractivity (Wildman–Crippen MR) is 48.8 cm³/mol. The lowest BCUT2D eigenvalue weighted by Crippen LogP contribution is -1.92. The van der Waals surface area contributed by atoms with Crippen LogP contribution in [0.5, 0.6) is 0 Å². The van der Waals surface area contributed by atoms with E-state index < -0.39 is 0 Å². The second-order valence-corrected chi connectivity index (χ2v) is 2.96. The van der Waals surface area contributed by atoms with E-state index in [0.29, 0.717) is 6.42 Å². The number of benzene rings is 1. The molecule has 1 aliphatic carbocycles. The van der Waals surface area contributed by atoms with Gasteiger partial charge in [-0.15, -0.1) is 0 Å². The maximum atomic E-state index is 11.4. The Morgan fingerprint density at radius 2 is 2.08 bits per heavy atom. The Kier molecular flexibility index (Phi) is 1.58. The lowest BCUT2D eigenvalue weighted by Gasteiger charge is -1.95. The van der Waals surface area contributed by atoms with E-state index in [0.717, 1.165) is 16.7 Å². The standard InChI is InChI=1S/C11H10O/c1-2-9-10-6-4-3-5-8(10)7-11(9)12/h2-6H,7H2,1H3/b9-2-. The Hall–Kier alpha value is -1.37. The zero-order chi connectivity index (χ0) is 8.55. The fourth-order valence-electron chi connectivity index (χ4n) is 1.67. The molecule has 1 aromatic carbocycles. The first-order chi connectivity index (χ1) is 5.83. The number of hydrogen-bond donors (Lipinski definition) is 0. The number of ketones is 1. The minimum Gasteiger partial charge on any atom is -0.294 e. The summed E-state index contributed by atoms with van der Waals surface area (Å²) in [5, 5.41) is 0. The molecule has 0 saturated carbocycles. The second-order valence-electron chi connectivity index (χ2n) is 2.96. The number of Topliss-reactive ketones (excluding diaryl/α,β-unsaturated/α-hetero) is 1. The highest BCUT2D eigenvalue weighted by Crippen LogP contribution is 2.28. The van der Waals surface area contributed by atoms with Gasteiger partial charge in [0, 0.05) is 12.0 Å². The molecule has 0 fully saturated rings. The Balaban J connectivity index is 2.62. The Morgan fingerprint density at radius 1 is 1.33 bits per heavy atom. The fraction of sp³-hybridized carbons (Fsp3) is 0.182. The first-order valence-electron chi connectivity index (χ1n) is 4.10. The largest absolute Gasteiger partial charge is 0.294 e. The van der Waals surface area contributed by atoms with Crippen LogP contribution in [-0.2, 0) is 11.2 Å². The smallest absolute Gasteiger partial charge is 0.167 e. The highest BCUT2D eigenvalue weighted by molar-refractivity contribution is 6.25. The van der Waals surface area contributed by atoms with Crippen LogP contribution in [0.15, 0.2) is 30.3 Å². The van der Waals surface area contributed by atoms with Crippen molar-refractivity contribution in [2.75, 3.05) is 0 Å². The normalized spacial score (nSPS) is 18.4. The summed E-state index contributed by atoms with van der Waals surface area (Å²) in [4.78, 5) is 11.4. The Labute approximate surface area is 71.7 Å². The predicted octanol–water partition coefficient (Wildman–Crippen LogP) is 2.22. The molecule has 0 heterocycles. The molecule has 0 radical (unpaired) electrons. The highest BCUT2D eigenvalue weighted by Gasteiger charge is 2.22. The molecule has 1 heteroatoms. The molecule has 0 aliphatic heterocycles. The molecular weight excluding hydrogens is 148 g/mol. The first-order valence-corrected chi connectivity index (χ1v) is 4.10. The van der Waals surface area contributed by atoms with Crippen molar-refractivity contribution >= 4 is 11.4 Å². The summed E-state index contributed by atoms with van der Waals surface area (Å²) in [5.74, 6) is 0.249. The summed E-state index contributed by atoms with van der Waals surface area (Å²) in [5.41, 5.74) is 3.16. The van der Waals surface area contributed by atoms with Crippen molar-refractivity contribution in [3.63, 3.8) is 0 Å². The number of rotatable bonds is 0. The van der Waals surface area contributed by atoms with Crippen LogP contribution >= 0.6 is 0 Å². The van der Waals surface area contributed by atoms with Gasteiger partial charge in [-0.1, -0.05) is 30.3 Å². The van der Waals surface area contributed by atoms with Crippen molar-refractivity contribution < 1.29 is 4.79 Å². The molecule has 0 atom stereocenters. The van der Waals surface area contributed by atoms with Crippen LogP contribution in [0, 0.1) is 0 Å². The molecule has 0 N–H and O–H groups in total. The summed E-state index contributed by atoms with van der Waals surface area (Å²) in [6, 6.07) is 7.98. The van der Waals surface area contributed by atoms with Gasteiger partial charge in [0.2, 0.25) is 0 Å². The minimum atomic E-state index is 0.249. The quantitative estimate of drug-likeness (QED) is 0.529. The van der Waals surface area contributed by atoms with Crippen LogP contribution in [0.25, 0.3) is 5.57 Å². The van der Waals surface area contributed by atoms with Crippen LogP contribution in [0.4, 0.5) is 0 Å². The van der Waals surface area contributed by atoms with Crippen molar-refractivity contribution in [2.45, 2.75) is 13.3 Å². The monoisotopic (exact) mass is 158 g/mol. The molecule has 0 unspecified atom stereocenters. The van der Waals surface area contributed by atoms with Crippen molar-refractivity contribution in [1.82, 2.24) is 0 Å². The number of hydrogen-bond acceptors (Lipinski definition) is 1. The van der Waals surface area contributed by atoms with Crippen LogP contribution < -0.4 is 0 Å². The summed E-state index contributed by atoms with van der Waals surface area (Å²) in [6.45, 7) is 1.91. The summed E-state index contributed by atoms with van der Waals surface area (Å²) in [7, 11) is 0. The van der Waals surface area contributed by atoms with Crippen molar-refractivity contribution in [3.05, 3.63) is 41.5 Å². The van der Waals surface area contributed by atoms with Crippen molar-refractivity contribution in [1.29, 1.82) is 0 Å². The zero-order valence-corrected chi connectivity index (χ0v) is 7.00. The summed E-state index contributed by atoms with van der Waals surface area (Å²) in [6.07, 6.45) is 2.48. The minimum absolute atomic E-state index is 0.249. The van der Waals surface area contributed by atoms with Gasteiger partial charge in [-0.2, -0.15) is 0 Å². The first kappa shape index (κ1) is 7.29. The van der Waals surface area contributed by atoms with Gasteiger partial charge in [-0.25, -0.2) is 0 Å². The molecule has 0 bridgehead atoms. The lowest BCUT2D eigenvalue weighted by atomic mass is 10.1. The molecule has 60 valence electrons. The molecule has 1 aliphatic rings. The third-order valence-electron chi connectivity index (χ3n) is 2.25. The van der Waals surface area contributed by atoms with Crippen LogP contribution in [-0.4, -0.2) is 5.78 Å². The molecule has 12 heavy (non-hydrogen) atoms. The lowest BCUT2D eigenvalue weighted by molar-refractivity contribution is -0.112. The van der Waals surface area contributed by atoms with E-state index in [-0.39, 0.29) is 5.78 Å². The second kappa shape index (κ2) is 2.59. The Morgan fingerprint density at radius 3 is 2.83 bits per heavy atom. The van der Waals surface area contributed by atoms with E-state index >= 15 is 0 Å². The number of allylic oxidation sites excluding steroid dienone is 2. The van der Waals surface area contributed by atoms with Gasteiger partial charge < -0.3 is 0 Å². The van der Waals surface area contributed by atoms with Crippen LogP contribution in [0.3, 0.4) is 0 Å². The third kappa shape index (κ3) is 0.900. The van der Waals surface area contributed by atoms with Gasteiger partial charge >= 0.3 is 0 Å². The molecule has 0 spiro atoms. The van der Waals surface area contributed by atoms with E-state index in [2.05, 4.69) is 0 Å². The Bertz CT molecular complexity index is 361. The summed E-state index contributed by atoms with van der Waals surface area (Å²) < 4.78 is 0. The van der Waals surface area contributed by atoms with Gasteiger partial charge in [0.05, 0.1) is 0 Å². The summed E-state index contributed by atoms with van der Waals surface area (Å²) >= 11 is 0. The van der Waals surface area contributed by atoms with Gasteiger partial charge in [0.15, 0.2) is 5.78 Å². The van der Waals surface area contributed by atoms with E-state index in [9.17, 15) is 4.79 Å². The zero-order valence-electron chi connectivity index (χ0n) is 7.00. The molecule has 0 aromatic heterocycles. The van der Waals surface area contributed by atoms with Crippen LogP contribution in [0.2, 0.25) is 0 Å². The van der Waals surface area contributed by atoms with Gasteiger partial charge in [0.1, 0.15) is 0 Å². The van der Waals surface area contributed by atoms with Crippen molar-refractivity contribution in [3.8, 4) is 0 Å². The number of carbonyl (C=O) groups is 1. The number of fused-ring (bicyclic) bond motifs is 1. The van der Waals surface area contributed by atoms with Gasteiger partial charge in [0.25, 0.3) is 0 Å².